The molecular formula is C19H25N3O. The average molecular weight is 311 g/mol. The lowest BCUT2D eigenvalue weighted by atomic mass is 9.82. The van der Waals surface area contributed by atoms with Crippen LogP contribution in [0.25, 0.3) is 0 Å². The van der Waals surface area contributed by atoms with Gasteiger partial charge < -0.3 is 5.32 Å². The van der Waals surface area contributed by atoms with Crippen LogP contribution >= 0.6 is 0 Å². The van der Waals surface area contributed by atoms with E-state index in [0.29, 0.717) is 13.0 Å². The molecule has 0 bridgehead atoms. The van der Waals surface area contributed by atoms with E-state index in [-0.39, 0.29) is 11.3 Å². The zero-order valence-corrected chi connectivity index (χ0v) is 14.4. The molecule has 0 spiro atoms. The van der Waals surface area contributed by atoms with Crippen LogP contribution < -0.4 is 5.32 Å². The van der Waals surface area contributed by atoms with Crippen molar-refractivity contribution in [2.24, 2.45) is 0 Å². The normalized spacial score (nSPS) is 11.3. The van der Waals surface area contributed by atoms with E-state index in [1.54, 1.807) is 12.4 Å². The van der Waals surface area contributed by atoms with Crippen LogP contribution in [0.15, 0.2) is 36.7 Å². The van der Waals surface area contributed by atoms with Gasteiger partial charge in [-0.3, -0.25) is 14.8 Å². The Hall–Kier alpha value is -2.23. The molecule has 0 saturated carbocycles. The summed E-state index contributed by atoms with van der Waals surface area (Å²) < 4.78 is 0. The molecule has 0 radical (unpaired) electrons. The fraction of sp³-hybridized carbons (Fsp3) is 0.421. The van der Waals surface area contributed by atoms with Crippen LogP contribution in [-0.4, -0.2) is 15.9 Å². The van der Waals surface area contributed by atoms with Crippen molar-refractivity contribution in [1.29, 1.82) is 0 Å². The molecule has 1 heterocycles. The van der Waals surface area contributed by atoms with Crippen LogP contribution in [0.5, 0.6) is 0 Å². The summed E-state index contributed by atoms with van der Waals surface area (Å²) in [6.45, 7) is 8.95. The summed E-state index contributed by atoms with van der Waals surface area (Å²) in [5, 5.41) is 2.88. The molecule has 0 aliphatic rings. The minimum atomic E-state index is -0.00474. The van der Waals surface area contributed by atoms with Gasteiger partial charge in [0.05, 0.1) is 30.6 Å². The van der Waals surface area contributed by atoms with Crippen molar-refractivity contribution in [2.45, 2.75) is 52.5 Å². The first-order valence-corrected chi connectivity index (χ1v) is 8.04. The predicted molar refractivity (Wildman–Crippen MR) is 92.1 cm³/mol. The number of hydrogen-bond acceptors (Lipinski definition) is 3. The maximum Gasteiger partial charge on any atom is 0.224 e. The van der Waals surface area contributed by atoms with Gasteiger partial charge in [0, 0.05) is 6.20 Å². The monoisotopic (exact) mass is 311 g/mol. The van der Waals surface area contributed by atoms with E-state index in [4.69, 9.17) is 0 Å². The third-order valence-electron chi connectivity index (χ3n) is 4.29. The lowest BCUT2D eigenvalue weighted by molar-refractivity contribution is -0.120. The highest BCUT2D eigenvalue weighted by atomic mass is 16.1. The summed E-state index contributed by atoms with van der Waals surface area (Å²) >= 11 is 0. The van der Waals surface area contributed by atoms with Crippen LogP contribution in [0, 0.1) is 6.92 Å². The van der Waals surface area contributed by atoms with E-state index in [2.05, 4.69) is 48.2 Å². The summed E-state index contributed by atoms with van der Waals surface area (Å²) in [6, 6.07) is 8.32. The zero-order chi connectivity index (χ0) is 16.9. The Morgan fingerprint density at radius 2 is 1.83 bits per heavy atom. The highest BCUT2D eigenvalue weighted by Gasteiger charge is 2.17. The number of nitrogens with zero attached hydrogens (tertiary/aromatic N) is 2. The Morgan fingerprint density at radius 1 is 1.13 bits per heavy atom. The Balaban J connectivity index is 1.89. The summed E-state index contributed by atoms with van der Waals surface area (Å²) in [5.41, 5.74) is 4.14. The van der Waals surface area contributed by atoms with E-state index in [9.17, 15) is 4.79 Å². The molecule has 0 aliphatic carbocycles. The second-order valence-corrected chi connectivity index (χ2v) is 6.54. The van der Waals surface area contributed by atoms with Crippen molar-refractivity contribution in [1.82, 2.24) is 15.3 Å². The highest BCUT2D eigenvalue weighted by molar-refractivity contribution is 5.78. The highest BCUT2D eigenvalue weighted by Crippen LogP contribution is 2.26. The van der Waals surface area contributed by atoms with Crippen LogP contribution in [-0.2, 0) is 23.2 Å². The molecule has 1 aromatic heterocycles. The molecule has 1 N–H and O–H groups in total. The topological polar surface area (TPSA) is 54.9 Å². The van der Waals surface area contributed by atoms with Gasteiger partial charge in [0.2, 0.25) is 5.91 Å². The molecule has 1 amide bonds. The number of benzene rings is 1. The molecule has 2 aromatic rings. The quantitative estimate of drug-likeness (QED) is 0.890. The number of amides is 1. The first-order chi connectivity index (χ1) is 10.9. The standard InChI is InChI=1S/C19H25N3O/c1-5-19(3,4)16-8-6-15(7-9-16)10-18(23)22-13-17-12-20-14(2)11-21-17/h6-9,11-12H,5,10,13H2,1-4H3,(H,22,23). The average Bonchev–Trinajstić information content (AvgIpc) is 2.55. The Labute approximate surface area is 138 Å². The third-order valence-corrected chi connectivity index (χ3v) is 4.29. The first-order valence-electron chi connectivity index (χ1n) is 8.04. The van der Waals surface area contributed by atoms with Gasteiger partial charge in [0.1, 0.15) is 0 Å². The third kappa shape index (κ3) is 4.88. The maximum atomic E-state index is 12.0. The van der Waals surface area contributed by atoms with Crippen molar-refractivity contribution in [3.8, 4) is 0 Å². The van der Waals surface area contributed by atoms with Gasteiger partial charge >= 0.3 is 0 Å². The lowest BCUT2D eigenvalue weighted by Gasteiger charge is -2.23. The SMILES string of the molecule is CCC(C)(C)c1ccc(CC(=O)NCc2cnc(C)cn2)cc1. The van der Waals surface area contributed by atoms with Crippen molar-refractivity contribution in [3.05, 3.63) is 59.2 Å². The Bertz CT molecular complexity index is 645. The summed E-state index contributed by atoms with van der Waals surface area (Å²) in [5.74, 6) is -0.00474. The number of aryl methyl sites for hydroxylation is 1. The second-order valence-electron chi connectivity index (χ2n) is 6.54. The van der Waals surface area contributed by atoms with Crippen LogP contribution in [0.3, 0.4) is 0 Å². The van der Waals surface area contributed by atoms with Crippen molar-refractivity contribution >= 4 is 5.91 Å². The van der Waals surface area contributed by atoms with E-state index in [0.717, 1.165) is 23.4 Å². The minimum Gasteiger partial charge on any atom is -0.350 e. The predicted octanol–water partition coefficient (Wildman–Crippen LogP) is 3.33. The zero-order valence-electron chi connectivity index (χ0n) is 14.4. The molecule has 0 fully saturated rings. The van der Waals surface area contributed by atoms with Crippen LogP contribution in [0.2, 0.25) is 0 Å². The number of aromatic nitrogens is 2. The number of nitrogens with one attached hydrogen (secondary N) is 1. The van der Waals surface area contributed by atoms with E-state index < -0.39 is 0 Å². The molecule has 0 saturated heterocycles. The van der Waals surface area contributed by atoms with Gasteiger partial charge in [-0.2, -0.15) is 0 Å². The minimum absolute atomic E-state index is 0.00474. The molecule has 0 aliphatic heterocycles. The molecule has 2 rings (SSSR count). The summed E-state index contributed by atoms with van der Waals surface area (Å²) in [6.07, 6.45) is 4.86. The molecule has 4 heteroatoms. The number of carbonyl (C=O) groups excluding carboxylic acids is 1. The fourth-order valence-electron chi connectivity index (χ4n) is 2.23. The summed E-state index contributed by atoms with van der Waals surface area (Å²) in [4.78, 5) is 20.4. The van der Waals surface area contributed by atoms with E-state index >= 15 is 0 Å². The van der Waals surface area contributed by atoms with Crippen LogP contribution in [0.1, 0.15) is 49.7 Å². The van der Waals surface area contributed by atoms with E-state index in [1.165, 1.54) is 5.56 Å². The Morgan fingerprint density at radius 3 is 2.39 bits per heavy atom. The number of rotatable bonds is 6. The fourth-order valence-corrected chi connectivity index (χ4v) is 2.23. The van der Waals surface area contributed by atoms with Gasteiger partial charge in [-0.1, -0.05) is 45.0 Å². The van der Waals surface area contributed by atoms with Gasteiger partial charge in [-0.25, -0.2) is 0 Å². The largest absolute Gasteiger partial charge is 0.350 e. The van der Waals surface area contributed by atoms with Crippen molar-refractivity contribution in [2.75, 3.05) is 0 Å². The van der Waals surface area contributed by atoms with Gasteiger partial charge in [0.25, 0.3) is 0 Å². The van der Waals surface area contributed by atoms with Gasteiger partial charge in [-0.05, 0) is 29.9 Å². The molecule has 1 aromatic carbocycles. The Kier molecular flexibility index (Phi) is 5.48. The molecule has 0 unspecified atom stereocenters. The first kappa shape index (κ1) is 17.1. The second kappa shape index (κ2) is 7.36. The molecule has 0 atom stereocenters. The smallest absolute Gasteiger partial charge is 0.224 e. The summed E-state index contributed by atoms with van der Waals surface area (Å²) in [7, 11) is 0. The lowest BCUT2D eigenvalue weighted by Crippen LogP contribution is -2.25. The van der Waals surface area contributed by atoms with E-state index in [1.807, 2.05) is 19.1 Å². The van der Waals surface area contributed by atoms with Gasteiger partial charge in [-0.15, -0.1) is 0 Å². The van der Waals surface area contributed by atoms with Crippen molar-refractivity contribution < 1.29 is 4.79 Å². The maximum absolute atomic E-state index is 12.0. The number of hydrogen-bond donors (Lipinski definition) is 1. The van der Waals surface area contributed by atoms with Crippen molar-refractivity contribution in [3.63, 3.8) is 0 Å². The molecule has 122 valence electrons. The van der Waals surface area contributed by atoms with Crippen LogP contribution in [0.4, 0.5) is 0 Å². The number of carbonyl (C=O) groups is 1. The molecule has 4 nitrogen and oxygen atoms in total. The molecule has 23 heavy (non-hydrogen) atoms. The molecular weight excluding hydrogens is 286 g/mol. The van der Waals surface area contributed by atoms with Gasteiger partial charge in [0.15, 0.2) is 0 Å².